The van der Waals surface area contributed by atoms with Gasteiger partial charge in [0.2, 0.25) is 0 Å². The van der Waals surface area contributed by atoms with Gasteiger partial charge in [-0.25, -0.2) is 9.37 Å². The predicted molar refractivity (Wildman–Crippen MR) is 120 cm³/mol. The van der Waals surface area contributed by atoms with Crippen molar-refractivity contribution >= 4 is 38.2 Å². The van der Waals surface area contributed by atoms with Gasteiger partial charge in [0.05, 0.1) is 22.9 Å². The third-order valence-corrected chi connectivity index (χ3v) is 6.53. The highest BCUT2D eigenvalue weighted by atomic mass is 32.1. The molecule has 0 saturated carbocycles. The molecule has 1 saturated heterocycles. The first-order valence-corrected chi connectivity index (χ1v) is 11.0. The second kappa shape index (κ2) is 8.15. The highest BCUT2D eigenvalue weighted by Gasteiger charge is 2.27. The Morgan fingerprint density at radius 1 is 1.10 bits per heavy atom. The minimum Gasteiger partial charge on any atom is -0.496 e. The fraction of sp³-hybridized carbons (Fsp3) is 0.250. The van der Waals surface area contributed by atoms with Gasteiger partial charge >= 0.3 is 0 Å². The van der Waals surface area contributed by atoms with Crippen molar-refractivity contribution in [2.45, 2.75) is 18.9 Å². The zero-order valence-corrected chi connectivity index (χ0v) is 17.8. The molecule has 1 amide bonds. The minimum atomic E-state index is -0.279. The molecule has 5 nitrogen and oxygen atoms in total. The monoisotopic (exact) mass is 436 g/mol. The summed E-state index contributed by atoms with van der Waals surface area (Å²) in [4.78, 5) is 19.5. The molecule has 0 bridgehead atoms. The van der Waals surface area contributed by atoms with Crippen LogP contribution in [0.5, 0.6) is 10.9 Å². The highest BCUT2D eigenvalue weighted by Crippen LogP contribution is 2.31. The van der Waals surface area contributed by atoms with Gasteiger partial charge in [0, 0.05) is 25.9 Å². The van der Waals surface area contributed by atoms with Gasteiger partial charge < -0.3 is 14.4 Å². The van der Waals surface area contributed by atoms with Gasteiger partial charge in [-0.2, -0.15) is 0 Å². The lowest BCUT2D eigenvalue weighted by molar-refractivity contribution is 0.0593. The fourth-order valence-corrected chi connectivity index (χ4v) is 4.88. The van der Waals surface area contributed by atoms with Gasteiger partial charge in [0.1, 0.15) is 17.7 Å². The minimum absolute atomic E-state index is 0.0204. The molecule has 1 aliphatic heterocycles. The number of benzene rings is 3. The molecule has 158 valence electrons. The number of thiazole rings is 1. The SMILES string of the molecule is COc1cc2ccccc2cc1C(=O)N1CCC(Oc2nc3ccc(F)cc3s2)CC1. The fourth-order valence-electron chi connectivity index (χ4n) is 3.97. The first-order chi connectivity index (χ1) is 15.1. The van der Waals surface area contributed by atoms with E-state index < -0.39 is 0 Å². The Bertz CT molecular complexity index is 1260. The van der Waals surface area contributed by atoms with Crippen molar-refractivity contribution in [3.05, 3.63) is 66.0 Å². The van der Waals surface area contributed by atoms with Gasteiger partial charge in [-0.15, -0.1) is 0 Å². The van der Waals surface area contributed by atoms with Crippen LogP contribution in [0.2, 0.25) is 0 Å². The van der Waals surface area contributed by atoms with Crippen LogP contribution in [0, 0.1) is 5.82 Å². The van der Waals surface area contributed by atoms with E-state index in [0.29, 0.717) is 42.4 Å². The van der Waals surface area contributed by atoms with Crippen LogP contribution in [0.15, 0.2) is 54.6 Å². The van der Waals surface area contributed by atoms with E-state index in [1.165, 1.54) is 23.5 Å². The molecule has 0 unspecified atom stereocenters. The molecule has 31 heavy (non-hydrogen) atoms. The first kappa shape index (κ1) is 19.8. The van der Waals surface area contributed by atoms with Crippen LogP contribution in [0.25, 0.3) is 21.0 Å². The highest BCUT2D eigenvalue weighted by molar-refractivity contribution is 7.20. The molecule has 2 heterocycles. The molecule has 4 aromatic rings. The summed E-state index contributed by atoms with van der Waals surface area (Å²) in [5.41, 5.74) is 1.31. The van der Waals surface area contributed by atoms with Crippen LogP contribution < -0.4 is 9.47 Å². The number of hydrogen-bond acceptors (Lipinski definition) is 5. The molecule has 0 N–H and O–H groups in total. The van der Waals surface area contributed by atoms with E-state index in [0.717, 1.165) is 21.0 Å². The number of likely N-dealkylation sites (tertiary alicyclic amines) is 1. The summed E-state index contributed by atoms with van der Waals surface area (Å²) < 4.78 is 25.7. The molecule has 0 atom stereocenters. The second-order valence-electron chi connectivity index (χ2n) is 7.60. The van der Waals surface area contributed by atoms with Gasteiger partial charge in [0.15, 0.2) is 0 Å². The molecule has 3 aromatic carbocycles. The maximum absolute atomic E-state index is 13.4. The van der Waals surface area contributed by atoms with Crippen molar-refractivity contribution in [3.8, 4) is 10.9 Å². The number of piperidine rings is 1. The molecule has 0 aliphatic carbocycles. The topological polar surface area (TPSA) is 51.7 Å². The lowest BCUT2D eigenvalue weighted by Crippen LogP contribution is -2.41. The summed E-state index contributed by atoms with van der Waals surface area (Å²) in [6.07, 6.45) is 1.41. The number of methoxy groups -OCH3 is 1. The Kier molecular flexibility index (Phi) is 5.19. The molecular formula is C24H21FN2O3S. The number of carbonyl (C=O) groups is 1. The van der Waals surface area contributed by atoms with Gasteiger partial charge in [-0.05, 0) is 41.1 Å². The lowest BCUT2D eigenvalue weighted by atomic mass is 10.0. The van der Waals surface area contributed by atoms with Gasteiger partial charge in [-0.1, -0.05) is 35.6 Å². The molecule has 0 spiro atoms. The molecule has 5 rings (SSSR count). The van der Waals surface area contributed by atoms with E-state index in [4.69, 9.17) is 9.47 Å². The quantitative estimate of drug-likeness (QED) is 0.437. The molecule has 1 fully saturated rings. The Balaban J connectivity index is 1.27. The summed E-state index contributed by atoms with van der Waals surface area (Å²) in [6, 6.07) is 16.3. The first-order valence-electron chi connectivity index (χ1n) is 10.2. The van der Waals surface area contributed by atoms with E-state index in [1.807, 2.05) is 41.3 Å². The third kappa shape index (κ3) is 3.93. The maximum atomic E-state index is 13.4. The Morgan fingerprint density at radius 2 is 1.84 bits per heavy atom. The standard InChI is InChI=1S/C24H21FN2O3S/c1-29-21-13-16-5-3-2-4-15(16)12-19(21)23(28)27-10-8-18(9-11-27)30-24-26-20-7-6-17(25)14-22(20)31-24/h2-7,12-14,18H,8-11H2,1H3. The lowest BCUT2D eigenvalue weighted by Gasteiger charge is -2.32. The number of nitrogens with zero attached hydrogens (tertiary/aromatic N) is 2. The summed E-state index contributed by atoms with van der Waals surface area (Å²) in [7, 11) is 1.59. The van der Waals surface area contributed by atoms with E-state index in [1.54, 1.807) is 13.2 Å². The normalized spacial score (nSPS) is 14.8. The molecular weight excluding hydrogens is 415 g/mol. The van der Waals surface area contributed by atoms with Crippen molar-refractivity contribution in [1.82, 2.24) is 9.88 Å². The van der Waals surface area contributed by atoms with Crippen LogP contribution in [-0.4, -0.2) is 42.1 Å². The number of fused-ring (bicyclic) bond motifs is 2. The second-order valence-corrected chi connectivity index (χ2v) is 8.59. The third-order valence-electron chi connectivity index (χ3n) is 5.63. The van der Waals surface area contributed by atoms with Crippen molar-refractivity contribution in [1.29, 1.82) is 0 Å². The summed E-state index contributed by atoms with van der Waals surface area (Å²) in [6.45, 7) is 1.19. The maximum Gasteiger partial charge on any atom is 0.274 e. The van der Waals surface area contributed by atoms with Crippen LogP contribution >= 0.6 is 11.3 Å². The van der Waals surface area contributed by atoms with Crippen molar-refractivity contribution in [3.63, 3.8) is 0 Å². The molecule has 1 aromatic heterocycles. The summed E-state index contributed by atoms with van der Waals surface area (Å²) >= 11 is 1.34. The van der Waals surface area contributed by atoms with E-state index in [-0.39, 0.29) is 17.8 Å². The van der Waals surface area contributed by atoms with Crippen LogP contribution in [0.4, 0.5) is 4.39 Å². The average Bonchev–Trinajstić information content (AvgIpc) is 3.19. The van der Waals surface area contributed by atoms with Crippen LogP contribution in [-0.2, 0) is 0 Å². The summed E-state index contributed by atoms with van der Waals surface area (Å²) in [5, 5.41) is 2.59. The number of halogens is 1. The van der Waals surface area contributed by atoms with Gasteiger partial charge in [-0.3, -0.25) is 4.79 Å². The largest absolute Gasteiger partial charge is 0.496 e. The van der Waals surface area contributed by atoms with Crippen molar-refractivity contribution in [2.24, 2.45) is 0 Å². The smallest absolute Gasteiger partial charge is 0.274 e. The zero-order valence-electron chi connectivity index (χ0n) is 17.0. The van der Waals surface area contributed by atoms with E-state index in [9.17, 15) is 9.18 Å². The van der Waals surface area contributed by atoms with E-state index >= 15 is 0 Å². The Morgan fingerprint density at radius 3 is 2.58 bits per heavy atom. The van der Waals surface area contributed by atoms with Crippen molar-refractivity contribution < 1.29 is 18.7 Å². The molecule has 7 heteroatoms. The summed E-state index contributed by atoms with van der Waals surface area (Å²) in [5.74, 6) is 0.277. The van der Waals surface area contributed by atoms with E-state index in [2.05, 4.69) is 4.98 Å². The number of carbonyl (C=O) groups excluding carboxylic acids is 1. The number of rotatable bonds is 4. The number of amides is 1. The number of hydrogen-bond donors (Lipinski definition) is 0. The zero-order chi connectivity index (χ0) is 21.4. The molecule has 0 radical (unpaired) electrons. The van der Waals surface area contributed by atoms with Gasteiger partial charge in [0.25, 0.3) is 11.1 Å². The Labute approximate surface area is 183 Å². The number of aromatic nitrogens is 1. The molecule has 1 aliphatic rings. The van der Waals surface area contributed by atoms with Crippen molar-refractivity contribution in [2.75, 3.05) is 20.2 Å². The van der Waals surface area contributed by atoms with Crippen LogP contribution in [0.3, 0.4) is 0 Å². The predicted octanol–water partition coefficient (Wildman–Crippen LogP) is 5.28. The van der Waals surface area contributed by atoms with Crippen LogP contribution in [0.1, 0.15) is 23.2 Å². The number of ether oxygens (including phenoxy) is 2. The average molecular weight is 437 g/mol. The Hall–Kier alpha value is -3.19.